The van der Waals surface area contributed by atoms with Crippen LogP contribution in [-0.4, -0.2) is 27.6 Å². The SMILES string of the molecule is Cc1cccn2c(=O)cc(CN(CCO)c3ccccc3)nc12. The van der Waals surface area contributed by atoms with Crippen LogP contribution in [0.3, 0.4) is 0 Å². The monoisotopic (exact) mass is 309 g/mol. The van der Waals surface area contributed by atoms with E-state index in [1.807, 2.05) is 54.3 Å². The van der Waals surface area contributed by atoms with Crippen LogP contribution in [0.2, 0.25) is 0 Å². The Hall–Kier alpha value is -2.66. The summed E-state index contributed by atoms with van der Waals surface area (Å²) < 4.78 is 1.55. The zero-order chi connectivity index (χ0) is 16.2. The van der Waals surface area contributed by atoms with Gasteiger partial charge < -0.3 is 10.0 Å². The van der Waals surface area contributed by atoms with Crippen molar-refractivity contribution in [2.24, 2.45) is 0 Å². The molecule has 0 bridgehead atoms. The number of anilines is 1. The molecular weight excluding hydrogens is 290 g/mol. The maximum atomic E-state index is 12.3. The molecule has 0 atom stereocenters. The minimum absolute atomic E-state index is 0.0421. The Morgan fingerprint density at radius 2 is 1.96 bits per heavy atom. The van der Waals surface area contributed by atoms with E-state index in [2.05, 4.69) is 4.98 Å². The highest BCUT2D eigenvalue weighted by Gasteiger charge is 2.10. The van der Waals surface area contributed by atoms with Crippen molar-refractivity contribution in [2.75, 3.05) is 18.1 Å². The number of nitrogens with zero attached hydrogens (tertiary/aromatic N) is 3. The number of aliphatic hydroxyl groups is 1. The molecule has 3 rings (SSSR count). The highest BCUT2D eigenvalue weighted by atomic mass is 16.3. The third kappa shape index (κ3) is 3.24. The number of aromatic nitrogens is 2. The first kappa shape index (κ1) is 15.2. The third-order valence-electron chi connectivity index (χ3n) is 3.78. The van der Waals surface area contributed by atoms with Crippen molar-refractivity contribution in [1.29, 1.82) is 0 Å². The number of aliphatic hydroxyl groups excluding tert-OH is 1. The Labute approximate surface area is 134 Å². The Morgan fingerprint density at radius 1 is 1.17 bits per heavy atom. The molecule has 0 saturated heterocycles. The summed E-state index contributed by atoms with van der Waals surface area (Å²) >= 11 is 0. The molecule has 0 spiro atoms. The summed E-state index contributed by atoms with van der Waals surface area (Å²) in [6.07, 6.45) is 1.73. The predicted octanol–water partition coefficient (Wildman–Crippen LogP) is 2.00. The van der Waals surface area contributed by atoms with Crippen molar-refractivity contribution in [3.63, 3.8) is 0 Å². The molecule has 0 amide bonds. The van der Waals surface area contributed by atoms with Gasteiger partial charge in [-0.05, 0) is 30.7 Å². The van der Waals surface area contributed by atoms with E-state index in [1.165, 1.54) is 0 Å². The lowest BCUT2D eigenvalue weighted by Crippen LogP contribution is -2.28. The number of rotatable bonds is 5. The molecule has 0 unspecified atom stereocenters. The van der Waals surface area contributed by atoms with Crippen LogP contribution in [0.1, 0.15) is 11.3 Å². The minimum atomic E-state index is -0.0919. The van der Waals surface area contributed by atoms with E-state index < -0.39 is 0 Å². The van der Waals surface area contributed by atoms with Crippen LogP contribution >= 0.6 is 0 Å². The maximum absolute atomic E-state index is 12.3. The second-order valence-electron chi connectivity index (χ2n) is 5.45. The largest absolute Gasteiger partial charge is 0.395 e. The molecule has 2 aromatic heterocycles. The zero-order valence-corrected chi connectivity index (χ0v) is 13.0. The van der Waals surface area contributed by atoms with Crippen molar-refractivity contribution >= 4 is 11.3 Å². The fraction of sp³-hybridized carbons (Fsp3) is 0.222. The Bertz CT molecular complexity index is 859. The second kappa shape index (κ2) is 6.62. The summed E-state index contributed by atoms with van der Waals surface area (Å²) in [6.45, 7) is 2.94. The van der Waals surface area contributed by atoms with Crippen molar-refractivity contribution < 1.29 is 5.11 Å². The number of aryl methyl sites for hydroxylation is 1. The van der Waals surface area contributed by atoms with Crippen molar-refractivity contribution in [3.05, 3.63) is 76.3 Å². The summed E-state index contributed by atoms with van der Waals surface area (Å²) in [4.78, 5) is 18.9. The van der Waals surface area contributed by atoms with E-state index >= 15 is 0 Å². The second-order valence-corrected chi connectivity index (χ2v) is 5.45. The molecule has 0 saturated carbocycles. The first-order valence-corrected chi connectivity index (χ1v) is 7.58. The van der Waals surface area contributed by atoms with Gasteiger partial charge in [0.15, 0.2) is 0 Å². The van der Waals surface area contributed by atoms with Crippen LogP contribution in [0.5, 0.6) is 0 Å². The average molecular weight is 309 g/mol. The van der Waals surface area contributed by atoms with E-state index in [0.29, 0.717) is 24.4 Å². The fourth-order valence-corrected chi connectivity index (χ4v) is 2.64. The van der Waals surface area contributed by atoms with Gasteiger partial charge in [0.1, 0.15) is 5.65 Å². The van der Waals surface area contributed by atoms with Crippen molar-refractivity contribution in [1.82, 2.24) is 9.38 Å². The number of pyridine rings is 1. The molecule has 0 radical (unpaired) electrons. The van der Waals surface area contributed by atoms with E-state index in [4.69, 9.17) is 0 Å². The molecule has 1 N–H and O–H groups in total. The number of hydrogen-bond acceptors (Lipinski definition) is 4. The first-order valence-electron chi connectivity index (χ1n) is 7.58. The molecule has 5 heteroatoms. The summed E-state index contributed by atoms with van der Waals surface area (Å²) in [5.74, 6) is 0. The van der Waals surface area contributed by atoms with E-state index in [1.54, 1.807) is 16.7 Å². The standard InChI is InChI=1S/C18H19N3O2/c1-14-6-5-9-21-17(23)12-15(19-18(14)21)13-20(10-11-22)16-7-3-2-4-8-16/h2-9,12,22H,10-11,13H2,1H3. The van der Waals surface area contributed by atoms with Crippen LogP contribution in [0.15, 0.2) is 59.5 Å². The van der Waals surface area contributed by atoms with Gasteiger partial charge in [0.2, 0.25) is 0 Å². The lowest BCUT2D eigenvalue weighted by Gasteiger charge is -2.23. The van der Waals surface area contributed by atoms with Crippen LogP contribution in [0.4, 0.5) is 5.69 Å². The number of para-hydroxylation sites is 1. The summed E-state index contributed by atoms with van der Waals surface area (Å²) in [5, 5.41) is 9.32. The van der Waals surface area contributed by atoms with Gasteiger partial charge >= 0.3 is 0 Å². The molecule has 0 aliphatic carbocycles. The van der Waals surface area contributed by atoms with Crippen molar-refractivity contribution in [2.45, 2.75) is 13.5 Å². The molecular formula is C18H19N3O2. The van der Waals surface area contributed by atoms with Crippen molar-refractivity contribution in [3.8, 4) is 0 Å². The smallest absolute Gasteiger partial charge is 0.258 e. The summed E-state index contributed by atoms with van der Waals surface area (Å²) in [7, 11) is 0. The molecule has 0 aliphatic rings. The van der Waals surface area contributed by atoms with Gasteiger partial charge in [0.05, 0.1) is 18.8 Å². The molecule has 5 nitrogen and oxygen atoms in total. The van der Waals surface area contributed by atoms with Crippen LogP contribution < -0.4 is 10.5 Å². The van der Waals surface area contributed by atoms with Gasteiger partial charge in [-0.25, -0.2) is 4.98 Å². The molecule has 118 valence electrons. The van der Waals surface area contributed by atoms with Crippen LogP contribution in [-0.2, 0) is 6.54 Å². The summed E-state index contributed by atoms with van der Waals surface area (Å²) in [5.41, 5.74) is 3.23. The third-order valence-corrected chi connectivity index (χ3v) is 3.78. The zero-order valence-electron chi connectivity index (χ0n) is 13.0. The minimum Gasteiger partial charge on any atom is -0.395 e. The van der Waals surface area contributed by atoms with E-state index in [9.17, 15) is 9.90 Å². The van der Waals surface area contributed by atoms with Gasteiger partial charge in [-0.3, -0.25) is 9.20 Å². The molecule has 0 fully saturated rings. The Balaban J connectivity index is 1.99. The fourth-order valence-electron chi connectivity index (χ4n) is 2.64. The van der Waals surface area contributed by atoms with Crippen LogP contribution in [0.25, 0.3) is 5.65 Å². The molecule has 23 heavy (non-hydrogen) atoms. The van der Waals surface area contributed by atoms with Gasteiger partial charge in [-0.2, -0.15) is 0 Å². The van der Waals surface area contributed by atoms with E-state index in [-0.39, 0.29) is 12.2 Å². The molecule has 0 aliphatic heterocycles. The quantitative estimate of drug-likeness (QED) is 0.783. The number of benzene rings is 1. The number of fused-ring (bicyclic) bond motifs is 1. The van der Waals surface area contributed by atoms with Crippen LogP contribution in [0, 0.1) is 6.92 Å². The Kier molecular flexibility index (Phi) is 4.39. The highest BCUT2D eigenvalue weighted by molar-refractivity contribution is 5.49. The average Bonchev–Trinajstić information content (AvgIpc) is 2.56. The van der Waals surface area contributed by atoms with Gasteiger partial charge in [0, 0.05) is 24.5 Å². The highest BCUT2D eigenvalue weighted by Crippen LogP contribution is 2.16. The number of hydrogen-bond donors (Lipinski definition) is 1. The molecule has 3 aromatic rings. The normalized spacial score (nSPS) is 10.9. The lowest BCUT2D eigenvalue weighted by molar-refractivity contribution is 0.301. The molecule has 2 heterocycles. The first-order chi connectivity index (χ1) is 11.2. The lowest BCUT2D eigenvalue weighted by atomic mass is 10.2. The predicted molar refractivity (Wildman–Crippen MR) is 90.8 cm³/mol. The van der Waals surface area contributed by atoms with E-state index in [0.717, 1.165) is 11.3 Å². The molecule has 1 aromatic carbocycles. The Morgan fingerprint density at radius 3 is 2.70 bits per heavy atom. The maximum Gasteiger partial charge on any atom is 0.258 e. The topological polar surface area (TPSA) is 57.8 Å². The van der Waals surface area contributed by atoms with Gasteiger partial charge in [0.25, 0.3) is 5.56 Å². The summed E-state index contributed by atoms with van der Waals surface area (Å²) in [6, 6.07) is 15.1. The van der Waals surface area contributed by atoms with Gasteiger partial charge in [-0.15, -0.1) is 0 Å². The van der Waals surface area contributed by atoms with Gasteiger partial charge in [-0.1, -0.05) is 24.3 Å².